The number of carbonyl (C=O) groups excluding carboxylic acids is 3. The summed E-state index contributed by atoms with van der Waals surface area (Å²) < 4.78 is 10.2. The second-order valence-electron chi connectivity index (χ2n) is 7.06. The summed E-state index contributed by atoms with van der Waals surface area (Å²) in [6.45, 7) is 0.864. The molecule has 10 heteroatoms. The number of hydrogen-bond acceptors (Lipinski definition) is 7. The standard InChI is InChI=1S/C23H21N3O7/c1-15-17(9-5-10-19(15)26(30)31)24-21(27)14-33-23(29)18(13-16-7-3-2-4-8-16)25-22(28)20-11-6-12-32-20/h2-12,18H,13-14H2,1H3,(H,24,27)(H,25,28). The summed E-state index contributed by atoms with van der Waals surface area (Å²) in [4.78, 5) is 47.8. The number of hydrogen-bond donors (Lipinski definition) is 2. The topological polar surface area (TPSA) is 141 Å². The van der Waals surface area contributed by atoms with Crippen molar-refractivity contribution in [3.63, 3.8) is 0 Å². The van der Waals surface area contributed by atoms with Crippen molar-refractivity contribution in [2.24, 2.45) is 0 Å². The number of nitro benzene ring substituents is 1. The van der Waals surface area contributed by atoms with Crippen LogP contribution in [0.15, 0.2) is 71.3 Å². The molecule has 1 heterocycles. The molecule has 2 N–H and O–H groups in total. The average Bonchev–Trinajstić information content (AvgIpc) is 3.34. The van der Waals surface area contributed by atoms with Crippen molar-refractivity contribution < 1.29 is 28.5 Å². The second-order valence-corrected chi connectivity index (χ2v) is 7.06. The van der Waals surface area contributed by atoms with Gasteiger partial charge in [0.05, 0.1) is 22.4 Å². The van der Waals surface area contributed by atoms with E-state index in [4.69, 9.17) is 9.15 Å². The van der Waals surface area contributed by atoms with Crippen LogP contribution in [0.4, 0.5) is 11.4 Å². The number of furan rings is 1. The van der Waals surface area contributed by atoms with Crippen molar-refractivity contribution in [1.29, 1.82) is 0 Å². The number of ether oxygens (including phenoxy) is 1. The number of nitro groups is 1. The first-order valence-electron chi connectivity index (χ1n) is 9.94. The van der Waals surface area contributed by atoms with Gasteiger partial charge in [-0.05, 0) is 30.7 Å². The quantitative estimate of drug-likeness (QED) is 0.289. The van der Waals surface area contributed by atoms with Crippen LogP contribution >= 0.6 is 0 Å². The van der Waals surface area contributed by atoms with Crippen molar-refractivity contribution in [2.75, 3.05) is 11.9 Å². The number of nitrogens with one attached hydrogen (secondary N) is 2. The third-order valence-corrected chi connectivity index (χ3v) is 4.74. The first-order valence-corrected chi connectivity index (χ1v) is 9.94. The molecule has 0 fully saturated rings. The fourth-order valence-electron chi connectivity index (χ4n) is 3.06. The van der Waals surface area contributed by atoms with Crippen LogP contribution in [0.25, 0.3) is 0 Å². The molecule has 0 aliphatic heterocycles. The highest BCUT2D eigenvalue weighted by atomic mass is 16.6. The van der Waals surface area contributed by atoms with Crippen LogP contribution in [0.1, 0.15) is 21.7 Å². The zero-order valence-corrected chi connectivity index (χ0v) is 17.6. The van der Waals surface area contributed by atoms with Crippen LogP contribution in [0, 0.1) is 17.0 Å². The molecule has 2 aromatic carbocycles. The number of anilines is 1. The number of amides is 2. The minimum absolute atomic E-state index is 0.0275. The van der Waals surface area contributed by atoms with Gasteiger partial charge >= 0.3 is 5.97 Å². The molecule has 1 aromatic heterocycles. The summed E-state index contributed by atoms with van der Waals surface area (Å²) in [7, 11) is 0. The van der Waals surface area contributed by atoms with E-state index < -0.39 is 35.4 Å². The van der Waals surface area contributed by atoms with E-state index in [-0.39, 0.29) is 29.1 Å². The highest BCUT2D eigenvalue weighted by Crippen LogP contribution is 2.24. The summed E-state index contributed by atoms with van der Waals surface area (Å²) in [6.07, 6.45) is 1.47. The average molecular weight is 451 g/mol. The highest BCUT2D eigenvalue weighted by Gasteiger charge is 2.25. The first-order chi connectivity index (χ1) is 15.8. The maximum Gasteiger partial charge on any atom is 0.329 e. The Hall–Kier alpha value is -4.47. The van der Waals surface area contributed by atoms with E-state index >= 15 is 0 Å². The third-order valence-electron chi connectivity index (χ3n) is 4.74. The molecule has 0 spiro atoms. The van der Waals surface area contributed by atoms with E-state index in [1.807, 2.05) is 6.07 Å². The molecule has 0 radical (unpaired) electrons. The smallest absolute Gasteiger partial charge is 0.329 e. The molecule has 0 aliphatic rings. The molecule has 3 aromatic rings. The lowest BCUT2D eigenvalue weighted by Gasteiger charge is -2.17. The van der Waals surface area contributed by atoms with Crippen molar-refractivity contribution >= 4 is 29.2 Å². The van der Waals surface area contributed by atoms with Crippen LogP contribution in [0.2, 0.25) is 0 Å². The van der Waals surface area contributed by atoms with Gasteiger partial charge in [-0.2, -0.15) is 0 Å². The Morgan fingerprint density at radius 3 is 2.48 bits per heavy atom. The summed E-state index contributed by atoms with van der Waals surface area (Å²) in [6, 6.07) is 15.2. The third kappa shape index (κ3) is 6.26. The SMILES string of the molecule is Cc1c(NC(=O)COC(=O)C(Cc2ccccc2)NC(=O)c2ccco2)cccc1[N+](=O)[O-]. The molecular formula is C23H21N3O7. The van der Waals surface area contributed by atoms with E-state index in [9.17, 15) is 24.5 Å². The van der Waals surface area contributed by atoms with Gasteiger partial charge in [0, 0.05) is 12.5 Å². The van der Waals surface area contributed by atoms with E-state index in [1.54, 1.807) is 30.3 Å². The van der Waals surface area contributed by atoms with Gasteiger partial charge in [-0.1, -0.05) is 36.4 Å². The molecule has 0 saturated carbocycles. The van der Waals surface area contributed by atoms with Gasteiger partial charge in [0.1, 0.15) is 6.04 Å². The molecule has 0 saturated heterocycles. The predicted molar refractivity (Wildman–Crippen MR) is 118 cm³/mol. The van der Waals surface area contributed by atoms with E-state index in [1.165, 1.54) is 37.5 Å². The summed E-state index contributed by atoms with van der Waals surface area (Å²) in [5, 5.41) is 16.1. The highest BCUT2D eigenvalue weighted by molar-refractivity contribution is 5.96. The van der Waals surface area contributed by atoms with E-state index in [2.05, 4.69) is 10.6 Å². The van der Waals surface area contributed by atoms with Crippen molar-refractivity contribution in [2.45, 2.75) is 19.4 Å². The summed E-state index contributed by atoms with van der Waals surface area (Å²) >= 11 is 0. The monoisotopic (exact) mass is 451 g/mol. The normalized spacial score (nSPS) is 11.3. The molecule has 1 unspecified atom stereocenters. The fourth-order valence-corrected chi connectivity index (χ4v) is 3.06. The minimum atomic E-state index is -1.07. The van der Waals surface area contributed by atoms with Gasteiger partial charge in [0.15, 0.2) is 12.4 Å². The Morgan fingerprint density at radius 1 is 1.06 bits per heavy atom. The molecule has 33 heavy (non-hydrogen) atoms. The van der Waals surface area contributed by atoms with Gasteiger partial charge in [0.25, 0.3) is 17.5 Å². The van der Waals surface area contributed by atoms with E-state index in [0.717, 1.165) is 5.56 Å². The molecule has 0 aliphatic carbocycles. The Balaban J connectivity index is 1.65. The Morgan fingerprint density at radius 2 is 1.82 bits per heavy atom. The lowest BCUT2D eigenvalue weighted by molar-refractivity contribution is -0.385. The first kappa shape index (κ1) is 23.2. The molecule has 0 bridgehead atoms. The predicted octanol–water partition coefficient (Wildman–Crippen LogP) is 3.02. The number of carbonyl (C=O) groups is 3. The number of rotatable bonds is 9. The van der Waals surface area contributed by atoms with Crippen LogP contribution in [0.5, 0.6) is 0 Å². The van der Waals surface area contributed by atoms with Crippen LogP contribution in [-0.2, 0) is 20.7 Å². The molecule has 10 nitrogen and oxygen atoms in total. The molecule has 170 valence electrons. The minimum Gasteiger partial charge on any atom is -0.459 e. The number of nitrogens with zero attached hydrogens (tertiary/aromatic N) is 1. The number of benzene rings is 2. The Kier molecular flexibility index (Phi) is 7.53. The maximum absolute atomic E-state index is 12.7. The molecule has 2 amide bonds. The summed E-state index contributed by atoms with van der Waals surface area (Å²) in [5.74, 6) is -2.07. The van der Waals surface area contributed by atoms with Gasteiger partial charge in [-0.15, -0.1) is 0 Å². The molecule has 3 rings (SSSR count). The van der Waals surface area contributed by atoms with Crippen molar-refractivity contribution in [1.82, 2.24) is 5.32 Å². The van der Waals surface area contributed by atoms with E-state index in [0.29, 0.717) is 0 Å². The lowest BCUT2D eigenvalue weighted by Crippen LogP contribution is -2.44. The zero-order chi connectivity index (χ0) is 23.8. The van der Waals surface area contributed by atoms with Gasteiger partial charge in [0.2, 0.25) is 0 Å². The summed E-state index contributed by atoms with van der Waals surface area (Å²) in [5.41, 5.74) is 1.14. The Labute approximate surface area is 188 Å². The lowest BCUT2D eigenvalue weighted by atomic mass is 10.1. The maximum atomic E-state index is 12.7. The van der Waals surface area contributed by atoms with Gasteiger partial charge < -0.3 is 19.8 Å². The van der Waals surface area contributed by atoms with Crippen LogP contribution < -0.4 is 10.6 Å². The van der Waals surface area contributed by atoms with Gasteiger partial charge in [-0.3, -0.25) is 19.7 Å². The van der Waals surface area contributed by atoms with Crippen LogP contribution in [0.3, 0.4) is 0 Å². The van der Waals surface area contributed by atoms with Crippen molar-refractivity contribution in [3.05, 3.63) is 93.9 Å². The Bertz CT molecular complexity index is 1140. The molecular weight excluding hydrogens is 430 g/mol. The molecule has 1 atom stereocenters. The van der Waals surface area contributed by atoms with Crippen molar-refractivity contribution in [3.8, 4) is 0 Å². The number of esters is 1. The fraction of sp³-hybridized carbons (Fsp3) is 0.174. The second kappa shape index (κ2) is 10.7. The largest absolute Gasteiger partial charge is 0.459 e. The van der Waals surface area contributed by atoms with Gasteiger partial charge in [-0.25, -0.2) is 4.79 Å². The zero-order valence-electron chi connectivity index (χ0n) is 17.6. The van der Waals surface area contributed by atoms with Crippen LogP contribution in [-0.4, -0.2) is 35.4 Å².